The first-order chi connectivity index (χ1) is 13.2. The summed E-state index contributed by atoms with van der Waals surface area (Å²) >= 11 is 0. The van der Waals surface area contributed by atoms with E-state index in [-0.39, 0.29) is 42.5 Å². The van der Waals surface area contributed by atoms with E-state index in [2.05, 4.69) is 21.5 Å². The molecule has 3 rings (SSSR count). The van der Waals surface area contributed by atoms with E-state index < -0.39 is 0 Å². The van der Waals surface area contributed by atoms with E-state index in [1.807, 2.05) is 23.1 Å². The average Bonchev–Trinajstić information content (AvgIpc) is 2.91. The molecule has 1 fully saturated rings. The largest absolute Gasteiger partial charge is 0.490 e. The number of fused-ring (bicyclic) bond motifs is 1. The highest BCUT2D eigenvalue weighted by atomic mass is 127. The molecule has 2 N–H and O–H groups in total. The van der Waals surface area contributed by atoms with E-state index in [0.717, 1.165) is 49.5 Å². The van der Waals surface area contributed by atoms with Crippen molar-refractivity contribution in [1.29, 1.82) is 0 Å². The van der Waals surface area contributed by atoms with Crippen LogP contribution in [0.3, 0.4) is 0 Å². The highest BCUT2D eigenvalue weighted by molar-refractivity contribution is 14.0. The summed E-state index contributed by atoms with van der Waals surface area (Å²) in [7, 11) is 0. The Hall–Kier alpha value is -2.15. The predicted octanol–water partition coefficient (Wildman–Crippen LogP) is 2.47. The topological polar surface area (TPSA) is 75.2 Å². The van der Waals surface area contributed by atoms with Gasteiger partial charge in [0.1, 0.15) is 6.54 Å². The SMILES string of the molecule is C#CCN=C(Nc1ccc2c(c1)OCCCO2)NC1CCN(C(C)=O)CC1.I. The summed E-state index contributed by atoms with van der Waals surface area (Å²) in [6.07, 6.45) is 7.98. The van der Waals surface area contributed by atoms with Crippen molar-refractivity contribution in [2.75, 3.05) is 38.2 Å². The van der Waals surface area contributed by atoms with Gasteiger partial charge in [-0.05, 0) is 25.0 Å². The number of hydrogen-bond donors (Lipinski definition) is 2. The van der Waals surface area contributed by atoms with Crippen LogP contribution in [0.15, 0.2) is 23.2 Å². The Labute approximate surface area is 183 Å². The number of likely N-dealkylation sites (tertiary alicyclic amines) is 1. The molecule has 152 valence electrons. The molecule has 0 spiro atoms. The summed E-state index contributed by atoms with van der Waals surface area (Å²) in [5, 5.41) is 6.72. The fourth-order valence-corrected chi connectivity index (χ4v) is 3.16. The number of ether oxygens (including phenoxy) is 2. The molecule has 1 aromatic carbocycles. The summed E-state index contributed by atoms with van der Waals surface area (Å²) in [5.74, 6) is 4.77. The number of nitrogens with one attached hydrogen (secondary N) is 2. The number of piperidine rings is 1. The van der Waals surface area contributed by atoms with E-state index in [9.17, 15) is 4.79 Å². The minimum absolute atomic E-state index is 0. The standard InChI is InChI=1S/C20H26N4O3.HI/c1-3-9-21-20(22-16-7-10-24(11-8-16)15(2)25)23-17-5-6-18-19(14-17)27-13-4-12-26-18;/h1,5-6,14,16H,4,7-13H2,2H3,(H2,21,22,23);1H. The van der Waals surface area contributed by atoms with Crippen molar-refractivity contribution in [2.24, 2.45) is 4.99 Å². The van der Waals surface area contributed by atoms with Crippen molar-refractivity contribution in [3.05, 3.63) is 18.2 Å². The summed E-state index contributed by atoms with van der Waals surface area (Å²) in [4.78, 5) is 17.8. The highest BCUT2D eigenvalue weighted by Crippen LogP contribution is 2.32. The van der Waals surface area contributed by atoms with Crippen molar-refractivity contribution >= 4 is 41.5 Å². The van der Waals surface area contributed by atoms with E-state index in [4.69, 9.17) is 15.9 Å². The first kappa shape index (κ1) is 22.1. The molecule has 0 atom stereocenters. The number of rotatable bonds is 3. The molecule has 2 aliphatic rings. The molecule has 0 aromatic heterocycles. The maximum atomic E-state index is 11.5. The Morgan fingerprint density at radius 2 is 2.00 bits per heavy atom. The number of anilines is 1. The number of terminal acetylenes is 1. The van der Waals surface area contributed by atoms with Crippen molar-refractivity contribution in [2.45, 2.75) is 32.2 Å². The molecule has 1 amide bonds. The smallest absolute Gasteiger partial charge is 0.219 e. The molecule has 0 bridgehead atoms. The van der Waals surface area contributed by atoms with Crippen LogP contribution in [0.2, 0.25) is 0 Å². The van der Waals surface area contributed by atoms with Gasteiger partial charge < -0.3 is 25.0 Å². The Morgan fingerprint density at radius 1 is 1.29 bits per heavy atom. The lowest BCUT2D eigenvalue weighted by molar-refractivity contribution is -0.129. The summed E-state index contributed by atoms with van der Waals surface area (Å²) in [6, 6.07) is 5.98. The van der Waals surface area contributed by atoms with Gasteiger partial charge >= 0.3 is 0 Å². The molecule has 1 saturated heterocycles. The molecule has 2 heterocycles. The van der Waals surface area contributed by atoms with Crippen LogP contribution >= 0.6 is 24.0 Å². The monoisotopic (exact) mass is 498 g/mol. The van der Waals surface area contributed by atoms with Crippen molar-refractivity contribution in [3.8, 4) is 23.8 Å². The maximum absolute atomic E-state index is 11.5. The minimum Gasteiger partial charge on any atom is -0.490 e. The van der Waals surface area contributed by atoms with Crippen LogP contribution < -0.4 is 20.1 Å². The van der Waals surface area contributed by atoms with Gasteiger partial charge in [-0.25, -0.2) is 4.99 Å². The number of guanidine groups is 1. The fourth-order valence-electron chi connectivity index (χ4n) is 3.16. The molecule has 28 heavy (non-hydrogen) atoms. The molecule has 2 aliphatic heterocycles. The maximum Gasteiger partial charge on any atom is 0.219 e. The van der Waals surface area contributed by atoms with Crippen LogP contribution in [0.5, 0.6) is 11.5 Å². The number of carbonyl (C=O) groups excluding carboxylic acids is 1. The highest BCUT2D eigenvalue weighted by Gasteiger charge is 2.21. The number of amides is 1. The number of nitrogens with zero attached hydrogens (tertiary/aromatic N) is 2. The Balaban J connectivity index is 0.00000280. The fraction of sp³-hybridized carbons (Fsp3) is 0.500. The second-order valence-corrected chi connectivity index (χ2v) is 6.63. The van der Waals surface area contributed by atoms with Gasteiger partial charge in [0.2, 0.25) is 5.91 Å². The third kappa shape index (κ3) is 6.19. The third-order valence-corrected chi connectivity index (χ3v) is 4.62. The number of hydrogen-bond acceptors (Lipinski definition) is 4. The zero-order chi connectivity index (χ0) is 19.1. The Kier molecular flexibility index (Phi) is 8.70. The van der Waals surface area contributed by atoms with E-state index in [0.29, 0.717) is 19.2 Å². The van der Waals surface area contributed by atoms with Crippen LogP contribution in [0.1, 0.15) is 26.2 Å². The van der Waals surface area contributed by atoms with Gasteiger partial charge in [0, 0.05) is 44.2 Å². The van der Waals surface area contributed by atoms with Gasteiger partial charge in [0.25, 0.3) is 0 Å². The third-order valence-electron chi connectivity index (χ3n) is 4.62. The van der Waals surface area contributed by atoms with Crippen LogP contribution in [-0.4, -0.2) is 55.7 Å². The lowest BCUT2D eigenvalue weighted by atomic mass is 10.1. The number of carbonyl (C=O) groups is 1. The van der Waals surface area contributed by atoms with Gasteiger partial charge in [-0.2, -0.15) is 0 Å². The van der Waals surface area contributed by atoms with Crippen molar-refractivity contribution < 1.29 is 14.3 Å². The van der Waals surface area contributed by atoms with E-state index in [1.165, 1.54) is 0 Å². The minimum atomic E-state index is 0. The average molecular weight is 498 g/mol. The zero-order valence-corrected chi connectivity index (χ0v) is 18.4. The zero-order valence-electron chi connectivity index (χ0n) is 16.1. The Bertz CT molecular complexity index is 739. The summed E-state index contributed by atoms with van der Waals surface area (Å²) in [5.41, 5.74) is 0.851. The Morgan fingerprint density at radius 3 is 2.68 bits per heavy atom. The van der Waals surface area contributed by atoms with E-state index >= 15 is 0 Å². The molecule has 0 unspecified atom stereocenters. The lowest BCUT2D eigenvalue weighted by Crippen LogP contribution is -2.47. The van der Waals surface area contributed by atoms with Crippen LogP contribution in [-0.2, 0) is 4.79 Å². The molecular formula is C20H27IN4O3. The van der Waals surface area contributed by atoms with Gasteiger partial charge in [-0.15, -0.1) is 30.4 Å². The number of halogens is 1. The molecule has 1 aromatic rings. The van der Waals surface area contributed by atoms with Crippen LogP contribution in [0.25, 0.3) is 0 Å². The van der Waals surface area contributed by atoms with E-state index in [1.54, 1.807) is 6.92 Å². The molecule has 0 saturated carbocycles. The van der Waals surface area contributed by atoms with Gasteiger partial charge in [0.05, 0.1) is 13.2 Å². The number of benzene rings is 1. The number of aliphatic imine (C=N–C) groups is 1. The van der Waals surface area contributed by atoms with Gasteiger partial charge in [-0.3, -0.25) is 4.79 Å². The molecule has 0 radical (unpaired) electrons. The van der Waals surface area contributed by atoms with Gasteiger partial charge in [0.15, 0.2) is 17.5 Å². The molecule has 7 nitrogen and oxygen atoms in total. The summed E-state index contributed by atoms with van der Waals surface area (Å²) in [6.45, 7) is 4.70. The molecule has 0 aliphatic carbocycles. The first-order valence-corrected chi connectivity index (χ1v) is 9.32. The normalized spacial score (nSPS) is 17.0. The molecular weight excluding hydrogens is 471 g/mol. The second-order valence-electron chi connectivity index (χ2n) is 6.63. The van der Waals surface area contributed by atoms with Crippen molar-refractivity contribution in [1.82, 2.24) is 10.2 Å². The second kappa shape index (κ2) is 11.0. The van der Waals surface area contributed by atoms with Crippen LogP contribution in [0, 0.1) is 12.3 Å². The lowest BCUT2D eigenvalue weighted by Gasteiger charge is -2.32. The quantitative estimate of drug-likeness (QED) is 0.290. The van der Waals surface area contributed by atoms with Crippen LogP contribution in [0.4, 0.5) is 5.69 Å². The van der Waals surface area contributed by atoms with Crippen molar-refractivity contribution in [3.63, 3.8) is 0 Å². The summed E-state index contributed by atoms with van der Waals surface area (Å²) < 4.78 is 11.4. The first-order valence-electron chi connectivity index (χ1n) is 9.32. The molecule has 8 heteroatoms. The van der Waals surface area contributed by atoms with Gasteiger partial charge in [-0.1, -0.05) is 5.92 Å². The predicted molar refractivity (Wildman–Crippen MR) is 121 cm³/mol.